The summed E-state index contributed by atoms with van der Waals surface area (Å²) in [4.78, 5) is 14.1. The summed E-state index contributed by atoms with van der Waals surface area (Å²) in [6.07, 6.45) is 1.35. The lowest BCUT2D eigenvalue weighted by atomic mass is 10.1. The van der Waals surface area contributed by atoms with Crippen LogP contribution >= 0.6 is 15.9 Å². The molecule has 17 heavy (non-hydrogen) atoms. The maximum Gasteiger partial charge on any atom is 0.176 e. The van der Waals surface area contributed by atoms with Crippen molar-refractivity contribution in [3.8, 4) is 0 Å². The van der Waals surface area contributed by atoms with E-state index in [0.29, 0.717) is 6.54 Å². The second-order valence-corrected chi connectivity index (χ2v) is 5.36. The highest BCUT2D eigenvalue weighted by molar-refractivity contribution is 9.10. The lowest BCUT2D eigenvalue weighted by Crippen LogP contribution is -2.39. The molecule has 0 atom stereocenters. The summed E-state index contributed by atoms with van der Waals surface area (Å²) in [6, 6.07) is 7.47. The first kappa shape index (κ1) is 12.7. The number of halogens is 1. The minimum Gasteiger partial charge on any atom is -0.393 e. The SMILES string of the molecule is O=C(CN1CCC(O)CC1)c1cccc(Br)c1. The van der Waals surface area contributed by atoms with E-state index in [2.05, 4.69) is 20.8 Å². The van der Waals surface area contributed by atoms with Crippen molar-refractivity contribution in [3.05, 3.63) is 34.3 Å². The molecule has 1 aromatic carbocycles. The fraction of sp³-hybridized carbons (Fsp3) is 0.462. The van der Waals surface area contributed by atoms with Gasteiger partial charge in [-0.05, 0) is 25.0 Å². The second kappa shape index (κ2) is 5.76. The van der Waals surface area contributed by atoms with Crippen molar-refractivity contribution in [1.29, 1.82) is 0 Å². The quantitative estimate of drug-likeness (QED) is 0.869. The van der Waals surface area contributed by atoms with E-state index in [9.17, 15) is 9.90 Å². The van der Waals surface area contributed by atoms with E-state index in [1.807, 2.05) is 24.3 Å². The van der Waals surface area contributed by atoms with Crippen molar-refractivity contribution in [2.45, 2.75) is 18.9 Å². The Morgan fingerprint density at radius 3 is 2.76 bits per heavy atom. The molecular weight excluding hydrogens is 282 g/mol. The Hall–Kier alpha value is -0.710. The Labute approximate surface area is 110 Å². The Bertz CT molecular complexity index is 400. The molecule has 1 fully saturated rings. The third-order valence-corrected chi connectivity index (χ3v) is 3.56. The minimum atomic E-state index is -0.188. The van der Waals surface area contributed by atoms with Gasteiger partial charge in [-0.1, -0.05) is 28.1 Å². The number of aliphatic hydroxyl groups is 1. The van der Waals surface area contributed by atoms with Crippen LogP contribution < -0.4 is 0 Å². The molecule has 0 spiro atoms. The molecule has 92 valence electrons. The van der Waals surface area contributed by atoms with Gasteiger partial charge >= 0.3 is 0 Å². The van der Waals surface area contributed by atoms with Gasteiger partial charge in [0.2, 0.25) is 0 Å². The fourth-order valence-corrected chi connectivity index (χ4v) is 2.43. The van der Waals surface area contributed by atoms with Gasteiger partial charge in [0.15, 0.2) is 5.78 Å². The van der Waals surface area contributed by atoms with Crippen LogP contribution in [0, 0.1) is 0 Å². The fourth-order valence-electron chi connectivity index (χ4n) is 2.03. The van der Waals surface area contributed by atoms with Crippen LogP contribution in [0.5, 0.6) is 0 Å². The van der Waals surface area contributed by atoms with Crippen molar-refractivity contribution in [3.63, 3.8) is 0 Å². The summed E-state index contributed by atoms with van der Waals surface area (Å²) in [5.74, 6) is 0.141. The molecule has 4 heteroatoms. The number of Topliss-reactive ketones (excluding diaryl/α,β-unsaturated/α-hetero) is 1. The van der Waals surface area contributed by atoms with Crippen LogP contribution in [0.3, 0.4) is 0 Å². The highest BCUT2D eigenvalue weighted by atomic mass is 79.9. The lowest BCUT2D eigenvalue weighted by molar-refractivity contribution is 0.0711. The van der Waals surface area contributed by atoms with Crippen LogP contribution in [-0.4, -0.2) is 41.5 Å². The zero-order valence-electron chi connectivity index (χ0n) is 9.60. The average molecular weight is 298 g/mol. The van der Waals surface area contributed by atoms with E-state index >= 15 is 0 Å². The first-order chi connectivity index (χ1) is 8.15. The molecule has 0 radical (unpaired) electrons. The van der Waals surface area contributed by atoms with Crippen LogP contribution in [0.25, 0.3) is 0 Å². The normalized spacial score (nSPS) is 18.2. The van der Waals surface area contributed by atoms with Gasteiger partial charge in [-0.2, -0.15) is 0 Å². The Morgan fingerprint density at radius 1 is 1.41 bits per heavy atom. The molecular formula is C13H16BrNO2. The van der Waals surface area contributed by atoms with E-state index in [1.54, 1.807) is 0 Å². The molecule has 0 bridgehead atoms. The molecule has 0 saturated carbocycles. The van der Waals surface area contributed by atoms with E-state index in [-0.39, 0.29) is 11.9 Å². The number of hydrogen-bond donors (Lipinski definition) is 1. The molecule has 1 saturated heterocycles. The molecule has 3 nitrogen and oxygen atoms in total. The Kier molecular flexibility index (Phi) is 4.31. The van der Waals surface area contributed by atoms with Gasteiger partial charge in [0.05, 0.1) is 12.6 Å². The molecule has 1 aliphatic heterocycles. The number of carbonyl (C=O) groups is 1. The van der Waals surface area contributed by atoms with Crippen molar-refractivity contribution in [1.82, 2.24) is 4.90 Å². The molecule has 0 unspecified atom stereocenters. The van der Waals surface area contributed by atoms with Gasteiger partial charge in [-0.3, -0.25) is 9.69 Å². The molecule has 1 N–H and O–H groups in total. The maximum absolute atomic E-state index is 12.0. The minimum absolute atomic E-state index is 0.141. The van der Waals surface area contributed by atoms with E-state index < -0.39 is 0 Å². The van der Waals surface area contributed by atoms with Crippen LogP contribution in [0.1, 0.15) is 23.2 Å². The van der Waals surface area contributed by atoms with Gasteiger partial charge in [0, 0.05) is 23.1 Å². The molecule has 1 heterocycles. The zero-order valence-corrected chi connectivity index (χ0v) is 11.2. The van der Waals surface area contributed by atoms with Crippen molar-refractivity contribution in [2.24, 2.45) is 0 Å². The first-order valence-electron chi connectivity index (χ1n) is 5.84. The van der Waals surface area contributed by atoms with Gasteiger partial charge in [-0.25, -0.2) is 0 Å². The smallest absolute Gasteiger partial charge is 0.176 e. The number of piperidine rings is 1. The predicted octanol–water partition coefficient (Wildman–Crippen LogP) is 2.09. The summed E-state index contributed by atoms with van der Waals surface area (Å²) >= 11 is 3.36. The number of likely N-dealkylation sites (tertiary alicyclic amines) is 1. The number of benzene rings is 1. The molecule has 2 rings (SSSR count). The maximum atomic E-state index is 12.0. The summed E-state index contributed by atoms with van der Waals surface area (Å²) in [6.45, 7) is 2.06. The highest BCUT2D eigenvalue weighted by Crippen LogP contribution is 2.14. The third kappa shape index (κ3) is 3.63. The number of carbonyl (C=O) groups excluding carboxylic acids is 1. The first-order valence-corrected chi connectivity index (χ1v) is 6.63. The van der Waals surface area contributed by atoms with Gasteiger partial charge < -0.3 is 5.11 Å². The molecule has 1 aromatic rings. The van der Waals surface area contributed by atoms with E-state index in [0.717, 1.165) is 36.0 Å². The highest BCUT2D eigenvalue weighted by Gasteiger charge is 2.19. The van der Waals surface area contributed by atoms with E-state index in [1.165, 1.54) is 0 Å². The number of ketones is 1. The largest absolute Gasteiger partial charge is 0.393 e. The number of aliphatic hydroxyl groups excluding tert-OH is 1. The summed E-state index contributed by atoms with van der Waals surface area (Å²) in [7, 11) is 0. The van der Waals surface area contributed by atoms with Crippen LogP contribution in [0.15, 0.2) is 28.7 Å². The average Bonchev–Trinajstić information content (AvgIpc) is 2.32. The van der Waals surface area contributed by atoms with Crippen LogP contribution in [-0.2, 0) is 0 Å². The van der Waals surface area contributed by atoms with Crippen LogP contribution in [0.4, 0.5) is 0 Å². The van der Waals surface area contributed by atoms with Crippen molar-refractivity contribution < 1.29 is 9.90 Å². The van der Waals surface area contributed by atoms with E-state index in [4.69, 9.17) is 0 Å². The Balaban J connectivity index is 1.93. The predicted molar refractivity (Wildman–Crippen MR) is 70.2 cm³/mol. The summed E-state index contributed by atoms with van der Waals surface area (Å²) in [5, 5.41) is 9.40. The summed E-state index contributed by atoms with van der Waals surface area (Å²) < 4.78 is 0.928. The molecule has 1 aliphatic rings. The van der Waals surface area contributed by atoms with Crippen LogP contribution in [0.2, 0.25) is 0 Å². The number of rotatable bonds is 3. The molecule has 0 aliphatic carbocycles. The lowest BCUT2D eigenvalue weighted by Gasteiger charge is -2.28. The standard InChI is InChI=1S/C13H16BrNO2/c14-11-3-1-2-10(8-11)13(17)9-15-6-4-12(16)5-7-15/h1-3,8,12,16H,4-7,9H2. The van der Waals surface area contributed by atoms with Gasteiger partial charge in [0.25, 0.3) is 0 Å². The zero-order chi connectivity index (χ0) is 12.3. The second-order valence-electron chi connectivity index (χ2n) is 4.44. The third-order valence-electron chi connectivity index (χ3n) is 3.07. The molecule has 0 amide bonds. The summed E-state index contributed by atoms with van der Waals surface area (Å²) in [5.41, 5.74) is 0.741. The Morgan fingerprint density at radius 2 is 2.12 bits per heavy atom. The number of hydrogen-bond acceptors (Lipinski definition) is 3. The van der Waals surface area contributed by atoms with Gasteiger partial charge in [0.1, 0.15) is 0 Å². The van der Waals surface area contributed by atoms with Crippen molar-refractivity contribution >= 4 is 21.7 Å². The van der Waals surface area contributed by atoms with Crippen molar-refractivity contribution in [2.75, 3.05) is 19.6 Å². The topological polar surface area (TPSA) is 40.5 Å². The monoisotopic (exact) mass is 297 g/mol. The van der Waals surface area contributed by atoms with Gasteiger partial charge in [-0.15, -0.1) is 0 Å². The number of nitrogens with zero attached hydrogens (tertiary/aromatic N) is 1. The molecule has 0 aromatic heterocycles.